The van der Waals surface area contributed by atoms with Gasteiger partial charge in [-0.3, -0.25) is 0 Å². The molecule has 1 unspecified atom stereocenters. The van der Waals surface area contributed by atoms with Gasteiger partial charge < -0.3 is 20.2 Å². The van der Waals surface area contributed by atoms with Gasteiger partial charge >= 0.3 is 0 Å². The summed E-state index contributed by atoms with van der Waals surface area (Å²) >= 11 is 0. The van der Waals surface area contributed by atoms with Gasteiger partial charge in [-0.25, -0.2) is 0 Å². The number of aliphatic hydroxyl groups excluding tert-OH is 1. The smallest absolute Gasteiger partial charge is 0.0681 e. The third-order valence-electron chi connectivity index (χ3n) is 4.65. The molecule has 2 rings (SSSR count). The zero-order chi connectivity index (χ0) is 15.8. The molecule has 0 aromatic heterocycles. The molecule has 2 N–H and O–H groups in total. The summed E-state index contributed by atoms with van der Waals surface area (Å²) in [6.07, 6.45) is 1.19. The molecule has 1 aromatic carbocycles. The van der Waals surface area contributed by atoms with Crippen molar-refractivity contribution in [3.05, 3.63) is 35.4 Å². The summed E-state index contributed by atoms with van der Waals surface area (Å²) < 4.78 is 0. The van der Waals surface area contributed by atoms with E-state index in [9.17, 15) is 5.11 Å². The fraction of sp³-hybridized carbons (Fsp3) is 0.667. The summed E-state index contributed by atoms with van der Waals surface area (Å²) in [5.74, 6) is 0. The molecular weight excluding hydrogens is 274 g/mol. The predicted molar refractivity (Wildman–Crippen MR) is 92.0 cm³/mol. The lowest BCUT2D eigenvalue weighted by molar-refractivity contribution is 0.136. The van der Waals surface area contributed by atoms with Crippen LogP contribution in [0.15, 0.2) is 24.3 Å². The Kier molecular flexibility index (Phi) is 7.33. The lowest BCUT2D eigenvalue weighted by Gasteiger charge is -2.34. The number of likely N-dealkylation sites (N-methyl/N-ethyl adjacent to an activating group) is 1. The van der Waals surface area contributed by atoms with Crippen LogP contribution in [0.25, 0.3) is 0 Å². The maximum atomic E-state index is 9.21. The fourth-order valence-electron chi connectivity index (χ4n) is 3.03. The molecule has 0 radical (unpaired) electrons. The molecule has 124 valence electrons. The van der Waals surface area contributed by atoms with Crippen molar-refractivity contribution in [2.75, 3.05) is 45.8 Å². The molecule has 1 fully saturated rings. The van der Waals surface area contributed by atoms with E-state index in [0.29, 0.717) is 6.04 Å². The number of aliphatic hydroxyl groups is 1. The van der Waals surface area contributed by atoms with Crippen LogP contribution >= 0.6 is 0 Å². The number of piperazine rings is 1. The van der Waals surface area contributed by atoms with Gasteiger partial charge in [-0.05, 0) is 44.1 Å². The van der Waals surface area contributed by atoms with Crippen molar-refractivity contribution in [2.24, 2.45) is 0 Å². The van der Waals surface area contributed by atoms with E-state index in [1.54, 1.807) is 0 Å². The normalized spacial score (nSPS) is 18.5. The van der Waals surface area contributed by atoms with Crippen LogP contribution in [0.1, 0.15) is 37.4 Å². The van der Waals surface area contributed by atoms with E-state index in [-0.39, 0.29) is 6.61 Å². The Labute approximate surface area is 135 Å². The molecule has 1 aliphatic rings. The van der Waals surface area contributed by atoms with E-state index in [2.05, 4.69) is 41.1 Å². The third kappa shape index (κ3) is 5.36. The summed E-state index contributed by atoms with van der Waals surface area (Å²) in [4.78, 5) is 5.09. The summed E-state index contributed by atoms with van der Waals surface area (Å²) in [6, 6.07) is 8.53. The molecule has 4 nitrogen and oxygen atoms in total. The first-order valence-electron chi connectivity index (χ1n) is 8.60. The monoisotopic (exact) mass is 305 g/mol. The minimum absolute atomic E-state index is 0.115. The van der Waals surface area contributed by atoms with Crippen LogP contribution in [-0.4, -0.2) is 60.7 Å². The van der Waals surface area contributed by atoms with Gasteiger partial charge in [-0.15, -0.1) is 0 Å². The molecule has 0 spiro atoms. The molecule has 1 aromatic rings. The molecule has 0 amide bonds. The molecule has 0 bridgehead atoms. The zero-order valence-corrected chi connectivity index (χ0v) is 14.1. The van der Waals surface area contributed by atoms with Crippen LogP contribution in [0, 0.1) is 0 Å². The van der Waals surface area contributed by atoms with Crippen molar-refractivity contribution in [2.45, 2.75) is 32.9 Å². The van der Waals surface area contributed by atoms with Crippen LogP contribution in [0.5, 0.6) is 0 Å². The first kappa shape index (κ1) is 17.4. The Bertz CT molecular complexity index is 430. The summed E-state index contributed by atoms with van der Waals surface area (Å²) in [5.41, 5.74) is 2.24. The number of nitrogens with zero attached hydrogens (tertiary/aromatic N) is 2. The largest absolute Gasteiger partial charge is 0.392 e. The van der Waals surface area contributed by atoms with Crippen molar-refractivity contribution in [1.82, 2.24) is 15.1 Å². The predicted octanol–water partition coefficient (Wildman–Crippen LogP) is 1.86. The molecule has 1 atom stereocenters. The van der Waals surface area contributed by atoms with Gasteiger partial charge in [0.25, 0.3) is 0 Å². The van der Waals surface area contributed by atoms with Crippen LogP contribution < -0.4 is 5.32 Å². The molecule has 1 heterocycles. The van der Waals surface area contributed by atoms with Crippen LogP contribution in [0.2, 0.25) is 0 Å². The van der Waals surface area contributed by atoms with Gasteiger partial charge in [-0.1, -0.05) is 31.2 Å². The van der Waals surface area contributed by atoms with Crippen molar-refractivity contribution in [3.8, 4) is 0 Å². The highest BCUT2D eigenvalue weighted by Crippen LogP contribution is 2.14. The average Bonchev–Trinajstić information content (AvgIpc) is 2.59. The second-order valence-electron chi connectivity index (χ2n) is 6.21. The van der Waals surface area contributed by atoms with Crippen molar-refractivity contribution < 1.29 is 5.11 Å². The minimum atomic E-state index is 0.115. The Morgan fingerprint density at radius 1 is 1.18 bits per heavy atom. The van der Waals surface area contributed by atoms with Crippen LogP contribution in [-0.2, 0) is 6.61 Å². The van der Waals surface area contributed by atoms with E-state index in [4.69, 9.17) is 0 Å². The Hall–Kier alpha value is -0.940. The standard InChI is InChI=1S/C18H31N3O/c1-3-20-10-12-21(13-11-20)9-5-8-19-16(2)18-7-4-6-17(14-18)15-22/h4,6-7,14,16,19,22H,3,5,8-13,15H2,1-2H3. The number of benzene rings is 1. The number of hydrogen-bond acceptors (Lipinski definition) is 4. The van der Waals surface area contributed by atoms with Gasteiger partial charge in [-0.2, -0.15) is 0 Å². The quantitative estimate of drug-likeness (QED) is 0.719. The maximum absolute atomic E-state index is 9.21. The Balaban J connectivity index is 1.64. The summed E-state index contributed by atoms with van der Waals surface area (Å²) in [6.45, 7) is 12.8. The fourth-order valence-corrected chi connectivity index (χ4v) is 3.03. The second-order valence-corrected chi connectivity index (χ2v) is 6.21. The first-order chi connectivity index (χ1) is 10.7. The molecule has 1 aliphatic heterocycles. The Morgan fingerprint density at radius 3 is 2.59 bits per heavy atom. The van der Waals surface area contributed by atoms with Gasteiger partial charge in [0.15, 0.2) is 0 Å². The molecule has 0 saturated carbocycles. The first-order valence-corrected chi connectivity index (χ1v) is 8.60. The van der Waals surface area contributed by atoms with E-state index >= 15 is 0 Å². The minimum Gasteiger partial charge on any atom is -0.392 e. The van der Waals surface area contributed by atoms with E-state index in [1.807, 2.05) is 12.1 Å². The summed E-state index contributed by atoms with van der Waals surface area (Å²) in [5, 5.41) is 12.8. The molecule has 22 heavy (non-hydrogen) atoms. The maximum Gasteiger partial charge on any atom is 0.0681 e. The van der Waals surface area contributed by atoms with Gasteiger partial charge in [0, 0.05) is 32.2 Å². The Morgan fingerprint density at radius 2 is 1.91 bits per heavy atom. The molecule has 1 saturated heterocycles. The van der Waals surface area contributed by atoms with Crippen LogP contribution in [0.4, 0.5) is 0 Å². The number of nitrogens with one attached hydrogen (secondary N) is 1. The van der Waals surface area contributed by atoms with Gasteiger partial charge in [0.2, 0.25) is 0 Å². The molecule has 4 heteroatoms. The van der Waals surface area contributed by atoms with Crippen molar-refractivity contribution in [1.29, 1.82) is 0 Å². The lowest BCUT2D eigenvalue weighted by Crippen LogP contribution is -2.46. The average molecular weight is 305 g/mol. The van der Waals surface area contributed by atoms with Crippen LogP contribution in [0.3, 0.4) is 0 Å². The van der Waals surface area contributed by atoms with Gasteiger partial charge in [0.1, 0.15) is 0 Å². The number of rotatable bonds is 8. The van der Waals surface area contributed by atoms with E-state index in [1.165, 1.54) is 51.3 Å². The second kappa shape index (κ2) is 9.26. The van der Waals surface area contributed by atoms with Gasteiger partial charge in [0.05, 0.1) is 6.61 Å². The highest BCUT2D eigenvalue weighted by atomic mass is 16.3. The molecular formula is C18H31N3O. The zero-order valence-electron chi connectivity index (χ0n) is 14.1. The van der Waals surface area contributed by atoms with E-state index in [0.717, 1.165) is 12.1 Å². The van der Waals surface area contributed by atoms with Crippen molar-refractivity contribution >= 4 is 0 Å². The lowest BCUT2D eigenvalue weighted by atomic mass is 10.1. The SMILES string of the molecule is CCN1CCN(CCCNC(C)c2cccc(CO)c2)CC1. The van der Waals surface area contributed by atoms with E-state index < -0.39 is 0 Å². The topological polar surface area (TPSA) is 38.7 Å². The summed E-state index contributed by atoms with van der Waals surface area (Å²) in [7, 11) is 0. The third-order valence-corrected chi connectivity index (χ3v) is 4.65. The highest BCUT2D eigenvalue weighted by molar-refractivity contribution is 5.25. The highest BCUT2D eigenvalue weighted by Gasteiger charge is 2.14. The number of hydrogen-bond donors (Lipinski definition) is 2. The van der Waals surface area contributed by atoms with Crippen molar-refractivity contribution in [3.63, 3.8) is 0 Å². The molecule has 0 aliphatic carbocycles.